The maximum absolute atomic E-state index is 11.9. The van der Waals surface area contributed by atoms with Gasteiger partial charge in [-0.15, -0.1) is 0 Å². The molecule has 1 rings (SSSR count). The molecule has 3 N–H and O–H groups in total. The van der Waals surface area contributed by atoms with Crippen LogP contribution < -0.4 is 10.6 Å². The number of aliphatic hydroxyl groups is 1. The van der Waals surface area contributed by atoms with Gasteiger partial charge in [0, 0.05) is 24.7 Å². The molecule has 124 valence electrons. The van der Waals surface area contributed by atoms with Crippen molar-refractivity contribution < 1.29 is 9.90 Å². The van der Waals surface area contributed by atoms with Gasteiger partial charge in [0.05, 0.1) is 6.10 Å². The minimum Gasteiger partial charge on any atom is -0.392 e. The van der Waals surface area contributed by atoms with Crippen LogP contribution in [0.3, 0.4) is 0 Å². The zero-order valence-corrected chi connectivity index (χ0v) is 14.3. The first-order valence-electron chi connectivity index (χ1n) is 8.20. The highest BCUT2D eigenvalue weighted by Gasteiger charge is 2.27. The van der Waals surface area contributed by atoms with Gasteiger partial charge in [-0.3, -0.25) is 0 Å². The first kappa shape index (κ1) is 18.2. The summed E-state index contributed by atoms with van der Waals surface area (Å²) in [7, 11) is 0. The Hall–Kier alpha value is -0.810. The highest BCUT2D eigenvalue weighted by atomic mass is 16.3. The molecule has 0 aromatic rings. The molecule has 1 aliphatic heterocycles. The number of carbonyl (C=O) groups is 1. The van der Waals surface area contributed by atoms with Crippen LogP contribution in [0.5, 0.6) is 0 Å². The van der Waals surface area contributed by atoms with Crippen LogP contribution in [0.2, 0.25) is 0 Å². The van der Waals surface area contributed by atoms with Crippen LogP contribution in [0, 0.1) is 5.92 Å². The van der Waals surface area contributed by atoms with Crippen LogP contribution in [-0.2, 0) is 0 Å². The minimum atomic E-state index is -0.240. The quantitative estimate of drug-likeness (QED) is 0.727. The number of hydrogen-bond donors (Lipinski definition) is 3. The lowest BCUT2D eigenvalue weighted by Gasteiger charge is -2.37. The van der Waals surface area contributed by atoms with E-state index in [0.29, 0.717) is 5.92 Å². The van der Waals surface area contributed by atoms with Gasteiger partial charge in [0.2, 0.25) is 0 Å². The molecule has 0 bridgehead atoms. The second kappa shape index (κ2) is 7.99. The fourth-order valence-electron chi connectivity index (χ4n) is 2.79. The molecular weight excluding hydrogens is 266 g/mol. The van der Waals surface area contributed by atoms with Crippen molar-refractivity contribution in [3.63, 3.8) is 0 Å². The van der Waals surface area contributed by atoms with Gasteiger partial charge in [-0.25, -0.2) is 4.79 Å². The van der Waals surface area contributed by atoms with Crippen molar-refractivity contribution in [1.82, 2.24) is 15.5 Å². The monoisotopic (exact) mass is 299 g/mol. The first-order chi connectivity index (χ1) is 9.71. The van der Waals surface area contributed by atoms with Crippen molar-refractivity contribution in [1.29, 1.82) is 0 Å². The number of nitrogens with one attached hydrogen (secondary N) is 2. The molecule has 1 fully saturated rings. The number of β-amino-alcohol motifs (C(OH)–C–C–N with tert-alkyl or cyclic N) is 1. The van der Waals surface area contributed by atoms with Gasteiger partial charge in [-0.05, 0) is 59.4 Å². The van der Waals surface area contributed by atoms with Crippen molar-refractivity contribution in [2.45, 2.75) is 71.6 Å². The molecule has 1 aliphatic rings. The predicted molar refractivity (Wildman–Crippen MR) is 86.3 cm³/mol. The predicted octanol–water partition coefficient (Wildman–Crippen LogP) is 1.96. The molecule has 1 saturated heterocycles. The fourth-order valence-corrected chi connectivity index (χ4v) is 2.79. The molecule has 21 heavy (non-hydrogen) atoms. The topological polar surface area (TPSA) is 64.6 Å². The Balaban J connectivity index is 2.43. The first-order valence-corrected chi connectivity index (χ1v) is 8.20. The number of carbonyl (C=O) groups excluding carboxylic acids is 1. The van der Waals surface area contributed by atoms with Crippen molar-refractivity contribution in [3.8, 4) is 0 Å². The normalized spacial score (nSPS) is 23.4. The summed E-state index contributed by atoms with van der Waals surface area (Å²) in [5.41, 5.74) is -0.215. The Morgan fingerprint density at radius 1 is 1.43 bits per heavy atom. The number of piperidine rings is 1. The third-order valence-electron chi connectivity index (χ3n) is 4.04. The molecule has 0 saturated carbocycles. The van der Waals surface area contributed by atoms with Crippen molar-refractivity contribution >= 4 is 6.03 Å². The maximum Gasteiger partial charge on any atom is 0.315 e. The number of likely N-dealkylation sites (tertiary alicyclic amines) is 1. The van der Waals surface area contributed by atoms with Gasteiger partial charge in [0.15, 0.2) is 0 Å². The van der Waals surface area contributed by atoms with E-state index in [4.69, 9.17) is 0 Å². The van der Waals surface area contributed by atoms with E-state index in [1.165, 1.54) is 0 Å². The van der Waals surface area contributed by atoms with Gasteiger partial charge < -0.3 is 20.6 Å². The molecule has 1 heterocycles. The van der Waals surface area contributed by atoms with E-state index < -0.39 is 0 Å². The van der Waals surface area contributed by atoms with Gasteiger partial charge in [0.25, 0.3) is 0 Å². The van der Waals surface area contributed by atoms with Gasteiger partial charge in [-0.2, -0.15) is 0 Å². The minimum absolute atomic E-state index is 0.0966. The average Bonchev–Trinajstić information content (AvgIpc) is 2.36. The van der Waals surface area contributed by atoms with Crippen LogP contribution in [0.4, 0.5) is 4.79 Å². The summed E-state index contributed by atoms with van der Waals surface area (Å²) < 4.78 is 0. The Labute approximate surface area is 129 Å². The summed E-state index contributed by atoms with van der Waals surface area (Å²) >= 11 is 0. The molecular formula is C16H33N3O2. The maximum atomic E-state index is 11.9. The fraction of sp³-hybridized carbons (Fsp3) is 0.938. The lowest BCUT2D eigenvalue weighted by molar-refractivity contribution is 0.0757. The number of rotatable bonds is 5. The highest BCUT2D eigenvalue weighted by Crippen LogP contribution is 2.20. The molecule has 2 amide bonds. The lowest BCUT2D eigenvalue weighted by atomic mass is 9.91. The summed E-state index contributed by atoms with van der Waals surface area (Å²) in [4.78, 5) is 14.3. The van der Waals surface area contributed by atoms with Crippen molar-refractivity contribution in [2.24, 2.45) is 5.92 Å². The summed E-state index contributed by atoms with van der Waals surface area (Å²) in [6.45, 7) is 12.8. The van der Waals surface area contributed by atoms with Gasteiger partial charge in [-0.1, -0.05) is 6.92 Å². The van der Waals surface area contributed by atoms with Crippen LogP contribution in [-0.4, -0.2) is 53.4 Å². The summed E-state index contributed by atoms with van der Waals surface area (Å²) in [6, 6.07) is 0.0506. The smallest absolute Gasteiger partial charge is 0.315 e. The lowest BCUT2D eigenvalue weighted by Crippen LogP contribution is -2.53. The number of amides is 2. The number of urea groups is 1. The number of nitrogens with zero attached hydrogens (tertiary/aromatic N) is 1. The summed E-state index contributed by atoms with van der Waals surface area (Å²) in [6.07, 6.45) is 2.82. The Bertz CT molecular complexity index is 328. The molecule has 2 unspecified atom stereocenters. The Morgan fingerprint density at radius 3 is 2.67 bits per heavy atom. The second-order valence-electron chi connectivity index (χ2n) is 7.36. The molecule has 5 heteroatoms. The van der Waals surface area contributed by atoms with Gasteiger partial charge in [0.1, 0.15) is 0 Å². The standard InChI is InChI=1S/C16H33N3O2/c1-6-14(20)11-19-9-7-8-13(10-19)12(2)17-15(21)18-16(3,4)5/h12-14,20H,6-11H2,1-5H3,(H2,17,18,21)/t12?,13?,14-/m1/s1. The summed E-state index contributed by atoms with van der Waals surface area (Å²) in [5.74, 6) is 0.452. The number of aliphatic hydroxyl groups excluding tert-OH is 1. The SMILES string of the molecule is CC[C@@H](O)CN1CCCC(C(C)NC(=O)NC(C)(C)C)C1. The second-order valence-corrected chi connectivity index (χ2v) is 7.36. The largest absolute Gasteiger partial charge is 0.392 e. The van der Waals surface area contributed by atoms with E-state index in [1.54, 1.807) is 0 Å². The van der Waals surface area contributed by atoms with Gasteiger partial charge >= 0.3 is 6.03 Å². The van der Waals surface area contributed by atoms with E-state index in [0.717, 1.165) is 38.9 Å². The summed E-state index contributed by atoms with van der Waals surface area (Å²) in [5, 5.41) is 15.8. The van der Waals surface area contributed by atoms with Crippen molar-refractivity contribution in [3.05, 3.63) is 0 Å². The highest BCUT2D eigenvalue weighted by molar-refractivity contribution is 5.74. The van der Waals surface area contributed by atoms with Crippen LogP contribution >= 0.6 is 0 Å². The zero-order chi connectivity index (χ0) is 16.0. The third-order valence-corrected chi connectivity index (χ3v) is 4.04. The molecule has 0 aromatic carbocycles. The molecule has 0 aliphatic carbocycles. The van der Waals surface area contributed by atoms with E-state index in [1.807, 2.05) is 27.7 Å². The zero-order valence-electron chi connectivity index (χ0n) is 14.3. The van der Waals surface area contributed by atoms with E-state index in [2.05, 4.69) is 22.5 Å². The molecule has 5 nitrogen and oxygen atoms in total. The van der Waals surface area contributed by atoms with Crippen LogP contribution in [0.1, 0.15) is 53.9 Å². The van der Waals surface area contributed by atoms with Crippen LogP contribution in [0.15, 0.2) is 0 Å². The third kappa shape index (κ3) is 7.14. The molecule has 0 spiro atoms. The number of hydrogen-bond acceptors (Lipinski definition) is 3. The van der Waals surface area contributed by atoms with Crippen molar-refractivity contribution in [2.75, 3.05) is 19.6 Å². The molecule has 0 radical (unpaired) electrons. The molecule has 3 atom stereocenters. The van der Waals surface area contributed by atoms with E-state index >= 15 is 0 Å². The molecule has 0 aromatic heterocycles. The Kier molecular flexibility index (Phi) is 6.94. The van der Waals surface area contributed by atoms with E-state index in [-0.39, 0.29) is 23.7 Å². The average molecular weight is 299 g/mol. The van der Waals surface area contributed by atoms with Crippen LogP contribution in [0.25, 0.3) is 0 Å². The Morgan fingerprint density at radius 2 is 2.10 bits per heavy atom. The van der Waals surface area contributed by atoms with E-state index in [9.17, 15) is 9.90 Å².